The minimum atomic E-state index is -0.653. The number of halogens is 1. The molecule has 0 spiro atoms. The highest BCUT2D eigenvalue weighted by Gasteiger charge is 2.13. The van der Waals surface area contributed by atoms with E-state index in [0.717, 1.165) is 0 Å². The summed E-state index contributed by atoms with van der Waals surface area (Å²) in [6.45, 7) is 0.410. The number of ether oxygens (including phenoxy) is 1. The van der Waals surface area contributed by atoms with Gasteiger partial charge in [-0.1, -0.05) is 11.6 Å². The first-order valence-corrected chi connectivity index (χ1v) is 4.65. The Kier molecular flexibility index (Phi) is 4.13. The van der Waals surface area contributed by atoms with Crippen LogP contribution in [-0.4, -0.2) is 23.7 Å². The Morgan fingerprint density at radius 3 is 2.93 bits per heavy atom. The zero-order valence-electron chi connectivity index (χ0n) is 7.90. The molecular weight excluding hydrogens is 204 g/mol. The van der Waals surface area contributed by atoms with Crippen LogP contribution >= 0.6 is 11.6 Å². The molecule has 0 fully saturated rings. The van der Waals surface area contributed by atoms with Gasteiger partial charge in [0, 0.05) is 5.56 Å². The van der Waals surface area contributed by atoms with Crippen LogP contribution in [0, 0.1) is 0 Å². The van der Waals surface area contributed by atoms with Crippen molar-refractivity contribution < 1.29 is 9.84 Å². The molecule has 1 atom stereocenters. The van der Waals surface area contributed by atoms with Crippen molar-refractivity contribution in [2.24, 2.45) is 5.73 Å². The molecule has 0 unspecified atom stereocenters. The molecule has 0 saturated carbocycles. The summed E-state index contributed by atoms with van der Waals surface area (Å²) in [6.07, 6.45) is -0.181. The molecule has 0 aliphatic rings. The predicted octanol–water partition coefficient (Wildman–Crippen LogP) is 1.13. The quantitative estimate of drug-likeness (QED) is 0.741. The van der Waals surface area contributed by atoms with Gasteiger partial charge in [0.25, 0.3) is 0 Å². The molecule has 1 heterocycles. The highest BCUT2D eigenvalue weighted by Crippen LogP contribution is 2.26. The number of hydrogen-bond donors (Lipinski definition) is 2. The van der Waals surface area contributed by atoms with Crippen molar-refractivity contribution in [2.45, 2.75) is 12.5 Å². The van der Waals surface area contributed by atoms with Crippen molar-refractivity contribution in [3.05, 3.63) is 22.8 Å². The smallest absolute Gasteiger partial charge is 0.220 e. The zero-order valence-corrected chi connectivity index (χ0v) is 8.66. The van der Waals surface area contributed by atoms with Crippen LogP contribution in [0.1, 0.15) is 18.1 Å². The van der Waals surface area contributed by atoms with Crippen LogP contribution in [0.5, 0.6) is 5.88 Å². The van der Waals surface area contributed by atoms with Crippen LogP contribution in [-0.2, 0) is 0 Å². The third-order valence-corrected chi connectivity index (χ3v) is 2.06. The van der Waals surface area contributed by atoms with E-state index in [1.807, 2.05) is 0 Å². The second-order valence-corrected chi connectivity index (χ2v) is 3.21. The fourth-order valence-corrected chi connectivity index (χ4v) is 1.30. The molecule has 3 N–H and O–H groups in total. The number of nitrogens with two attached hydrogens (primary N) is 1. The zero-order chi connectivity index (χ0) is 10.6. The Balaban J connectivity index is 2.95. The molecule has 1 aromatic rings. The molecule has 14 heavy (non-hydrogen) atoms. The van der Waals surface area contributed by atoms with Gasteiger partial charge in [-0.25, -0.2) is 4.98 Å². The maximum Gasteiger partial charge on any atom is 0.220 e. The number of nitrogens with zero attached hydrogens (tertiary/aromatic N) is 1. The number of aliphatic hydroxyl groups is 1. The molecule has 1 rings (SSSR count). The highest BCUT2D eigenvalue weighted by molar-refractivity contribution is 6.29. The van der Waals surface area contributed by atoms with Gasteiger partial charge in [-0.2, -0.15) is 0 Å². The lowest BCUT2D eigenvalue weighted by Gasteiger charge is -2.12. The molecule has 4 nitrogen and oxygen atoms in total. The molecule has 0 aromatic carbocycles. The van der Waals surface area contributed by atoms with E-state index < -0.39 is 6.10 Å². The molecule has 0 radical (unpaired) electrons. The summed E-state index contributed by atoms with van der Waals surface area (Å²) in [5.74, 6) is 0.346. The molecule has 0 aliphatic heterocycles. The summed E-state index contributed by atoms with van der Waals surface area (Å²) in [7, 11) is 1.48. The van der Waals surface area contributed by atoms with E-state index in [1.54, 1.807) is 12.1 Å². The normalized spacial score (nSPS) is 12.6. The van der Waals surface area contributed by atoms with Crippen LogP contribution < -0.4 is 10.5 Å². The summed E-state index contributed by atoms with van der Waals surface area (Å²) < 4.78 is 5.00. The molecule has 78 valence electrons. The monoisotopic (exact) mass is 216 g/mol. The molecule has 0 bridgehead atoms. The van der Waals surface area contributed by atoms with Crippen LogP contribution in [0.2, 0.25) is 5.15 Å². The van der Waals surface area contributed by atoms with Crippen molar-refractivity contribution in [1.29, 1.82) is 0 Å². The first-order chi connectivity index (χ1) is 6.69. The van der Waals surface area contributed by atoms with E-state index in [4.69, 9.17) is 22.1 Å². The van der Waals surface area contributed by atoms with Gasteiger partial charge in [-0.05, 0) is 25.1 Å². The Morgan fingerprint density at radius 2 is 2.36 bits per heavy atom. The number of hydrogen-bond acceptors (Lipinski definition) is 4. The Hall–Kier alpha value is -0.840. The first kappa shape index (κ1) is 11.2. The van der Waals surface area contributed by atoms with Crippen molar-refractivity contribution in [2.75, 3.05) is 13.7 Å². The number of rotatable bonds is 4. The summed E-state index contributed by atoms with van der Waals surface area (Å²) in [4.78, 5) is 3.94. The number of aromatic nitrogens is 1. The lowest BCUT2D eigenvalue weighted by atomic mass is 10.1. The van der Waals surface area contributed by atoms with E-state index >= 15 is 0 Å². The molecular formula is C9H13ClN2O2. The van der Waals surface area contributed by atoms with Crippen LogP contribution in [0.25, 0.3) is 0 Å². The fraction of sp³-hybridized carbons (Fsp3) is 0.444. The largest absolute Gasteiger partial charge is 0.481 e. The topological polar surface area (TPSA) is 68.4 Å². The van der Waals surface area contributed by atoms with Gasteiger partial charge in [0.15, 0.2) is 0 Å². The average Bonchev–Trinajstić information content (AvgIpc) is 2.17. The van der Waals surface area contributed by atoms with E-state index in [9.17, 15) is 5.11 Å². The van der Waals surface area contributed by atoms with Gasteiger partial charge in [0.1, 0.15) is 5.15 Å². The Bertz CT molecular complexity index is 307. The van der Waals surface area contributed by atoms with Crippen LogP contribution in [0.3, 0.4) is 0 Å². The van der Waals surface area contributed by atoms with E-state index in [0.29, 0.717) is 29.6 Å². The minimum absolute atomic E-state index is 0.338. The summed E-state index contributed by atoms with van der Waals surface area (Å²) >= 11 is 5.68. The molecule has 1 aromatic heterocycles. The summed E-state index contributed by atoms with van der Waals surface area (Å²) in [5, 5.41) is 10.0. The standard InChI is InChI=1S/C9H13ClN2O2/c1-14-9-6(7(13)4-5-11)2-3-8(10)12-9/h2-3,7,13H,4-5,11H2,1H3/t7-/m1/s1. The van der Waals surface area contributed by atoms with Crippen molar-refractivity contribution in [3.8, 4) is 5.88 Å². The van der Waals surface area contributed by atoms with Gasteiger partial charge in [0.05, 0.1) is 13.2 Å². The lowest BCUT2D eigenvalue weighted by Crippen LogP contribution is -2.08. The molecule has 0 aliphatic carbocycles. The van der Waals surface area contributed by atoms with E-state index in [2.05, 4.69) is 4.98 Å². The minimum Gasteiger partial charge on any atom is -0.481 e. The maximum absolute atomic E-state index is 9.68. The van der Waals surface area contributed by atoms with Crippen molar-refractivity contribution in [1.82, 2.24) is 4.98 Å². The summed E-state index contributed by atoms with van der Waals surface area (Å²) in [5.41, 5.74) is 5.95. The Morgan fingerprint density at radius 1 is 1.64 bits per heavy atom. The van der Waals surface area contributed by atoms with Gasteiger partial charge in [0.2, 0.25) is 5.88 Å². The van der Waals surface area contributed by atoms with Crippen molar-refractivity contribution >= 4 is 11.6 Å². The number of aliphatic hydroxyl groups excluding tert-OH is 1. The van der Waals surface area contributed by atoms with E-state index in [1.165, 1.54) is 7.11 Å². The summed E-state index contributed by atoms with van der Waals surface area (Å²) in [6, 6.07) is 3.30. The number of pyridine rings is 1. The van der Waals surface area contributed by atoms with Gasteiger partial charge >= 0.3 is 0 Å². The molecule has 0 saturated heterocycles. The first-order valence-electron chi connectivity index (χ1n) is 4.27. The third kappa shape index (κ3) is 2.57. The Labute approximate surface area is 87.7 Å². The van der Waals surface area contributed by atoms with Gasteiger partial charge < -0.3 is 15.6 Å². The molecule has 5 heteroatoms. The fourth-order valence-electron chi connectivity index (χ4n) is 1.16. The van der Waals surface area contributed by atoms with Gasteiger partial charge in [-0.15, -0.1) is 0 Å². The third-order valence-electron chi connectivity index (χ3n) is 1.85. The SMILES string of the molecule is COc1nc(Cl)ccc1[C@H](O)CCN. The van der Waals surface area contributed by atoms with Crippen LogP contribution in [0.4, 0.5) is 0 Å². The second-order valence-electron chi connectivity index (χ2n) is 2.83. The lowest BCUT2D eigenvalue weighted by molar-refractivity contribution is 0.165. The predicted molar refractivity (Wildman–Crippen MR) is 54.4 cm³/mol. The molecule has 0 amide bonds. The van der Waals surface area contributed by atoms with Gasteiger partial charge in [-0.3, -0.25) is 0 Å². The van der Waals surface area contributed by atoms with E-state index in [-0.39, 0.29) is 0 Å². The second kappa shape index (κ2) is 5.14. The maximum atomic E-state index is 9.68. The van der Waals surface area contributed by atoms with Crippen molar-refractivity contribution in [3.63, 3.8) is 0 Å². The number of methoxy groups -OCH3 is 1. The van der Waals surface area contributed by atoms with Crippen LogP contribution in [0.15, 0.2) is 12.1 Å². The average molecular weight is 217 g/mol. The highest BCUT2D eigenvalue weighted by atomic mass is 35.5.